The van der Waals surface area contributed by atoms with Gasteiger partial charge in [0.2, 0.25) is 11.7 Å². The van der Waals surface area contributed by atoms with Crippen LogP contribution < -0.4 is 14.8 Å². The zero-order valence-corrected chi connectivity index (χ0v) is 18.4. The molecule has 1 aromatic carbocycles. The Bertz CT molecular complexity index is 953. The van der Waals surface area contributed by atoms with Gasteiger partial charge in [-0.05, 0) is 42.8 Å². The summed E-state index contributed by atoms with van der Waals surface area (Å²) in [7, 11) is 1.49. The molecule has 1 N–H and O–H groups in total. The number of amides is 1. The largest absolute Gasteiger partial charge is 0.491 e. The molecule has 0 saturated carbocycles. The number of esters is 1. The van der Waals surface area contributed by atoms with Crippen LogP contribution in [0.5, 0.6) is 11.5 Å². The fourth-order valence-electron chi connectivity index (χ4n) is 2.40. The SMILES string of the molecule is CCOc1cc(/C=C/C(=O)OCC(=O)c2ccc(CNC(C)=O)s2)cc(Cl)c1OC. The van der Waals surface area contributed by atoms with Gasteiger partial charge in [0.05, 0.1) is 30.2 Å². The molecule has 0 saturated heterocycles. The van der Waals surface area contributed by atoms with Gasteiger partial charge in [0.25, 0.3) is 0 Å². The minimum atomic E-state index is -0.664. The van der Waals surface area contributed by atoms with Gasteiger partial charge in [-0.25, -0.2) is 4.79 Å². The molecule has 0 spiro atoms. The minimum Gasteiger partial charge on any atom is -0.491 e. The first kappa shape index (κ1) is 23.4. The van der Waals surface area contributed by atoms with Gasteiger partial charge >= 0.3 is 5.97 Å². The minimum absolute atomic E-state index is 0.150. The second-order valence-corrected chi connectivity index (χ2v) is 7.58. The Morgan fingerprint density at radius 2 is 2.00 bits per heavy atom. The van der Waals surface area contributed by atoms with Crippen molar-refractivity contribution in [3.8, 4) is 11.5 Å². The van der Waals surface area contributed by atoms with Crippen molar-refractivity contribution in [2.24, 2.45) is 0 Å². The van der Waals surface area contributed by atoms with Gasteiger partial charge in [-0.15, -0.1) is 11.3 Å². The van der Waals surface area contributed by atoms with Crippen LogP contribution in [0.15, 0.2) is 30.3 Å². The predicted octanol–water partition coefficient (Wildman–Crippen LogP) is 3.88. The Labute approximate surface area is 183 Å². The van der Waals surface area contributed by atoms with Gasteiger partial charge in [-0.3, -0.25) is 9.59 Å². The second-order valence-electron chi connectivity index (χ2n) is 6.01. The number of hydrogen-bond donors (Lipinski definition) is 1. The van der Waals surface area contributed by atoms with Crippen molar-refractivity contribution >= 4 is 46.7 Å². The molecule has 160 valence electrons. The Morgan fingerprint density at radius 3 is 2.67 bits per heavy atom. The number of Topliss-reactive ketones (excluding diaryl/α,β-unsaturated/α-hetero) is 1. The molecule has 0 aliphatic carbocycles. The number of thiophene rings is 1. The predicted molar refractivity (Wildman–Crippen MR) is 115 cm³/mol. The quantitative estimate of drug-likeness (QED) is 0.335. The number of methoxy groups -OCH3 is 1. The summed E-state index contributed by atoms with van der Waals surface area (Å²) >= 11 is 7.42. The maximum Gasteiger partial charge on any atom is 0.331 e. The van der Waals surface area contributed by atoms with E-state index in [1.54, 1.807) is 24.3 Å². The summed E-state index contributed by atoms with van der Waals surface area (Å²) in [5.41, 5.74) is 0.619. The summed E-state index contributed by atoms with van der Waals surface area (Å²) in [6.45, 7) is 3.66. The Morgan fingerprint density at radius 1 is 1.23 bits per heavy atom. The van der Waals surface area contributed by atoms with Crippen LogP contribution in [0.3, 0.4) is 0 Å². The number of carbonyl (C=O) groups excluding carboxylic acids is 3. The smallest absolute Gasteiger partial charge is 0.331 e. The number of carbonyl (C=O) groups is 3. The van der Waals surface area contributed by atoms with Crippen molar-refractivity contribution in [1.82, 2.24) is 5.32 Å². The van der Waals surface area contributed by atoms with Crippen LogP contribution in [0.25, 0.3) is 6.08 Å². The lowest BCUT2D eigenvalue weighted by atomic mass is 10.2. The fraction of sp³-hybridized carbons (Fsp3) is 0.286. The van der Waals surface area contributed by atoms with Crippen LogP contribution in [0.2, 0.25) is 5.02 Å². The van der Waals surface area contributed by atoms with E-state index in [-0.39, 0.29) is 18.3 Å². The highest BCUT2D eigenvalue weighted by atomic mass is 35.5. The van der Waals surface area contributed by atoms with E-state index in [9.17, 15) is 14.4 Å². The number of benzene rings is 1. The third-order valence-corrected chi connectivity index (χ3v) is 5.15. The van der Waals surface area contributed by atoms with Crippen LogP contribution in [-0.2, 0) is 20.9 Å². The van der Waals surface area contributed by atoms with Gasteiger partial charge in [0, 0.05) is 17.9 Å². The highest BCUT2D eigenvalue weighted by molar-refractivity contribution is 7.14. The van der Waals surface area contributed by atoms with Crippen molar-refractivity contribution in [3.63, 3.8) is 0 Å². The van der Waals surface area contributed by atoms with E-state index in [2.05, 4.69) is 5.32 Å². The molecule has 30 heavy (non-hydrogen) atoms. The molecule has 9 heteroatoms. The van der Waals surface area contributed by atoms with E-state index in [1.165, 1.54) is 37.5 Å². The molecule has 2 rings (SSSR count). The van der Waals surface area contributed by atoms with E-state index in [1.807, 2.05) is 6.92 Å². The molecule has 0 fully saturated rings. The molecule has 0 radical (unpaired) electrons. The molecule has 0 atom stereocenters. The number of ether oxygens (including phenoxy) is 3. The average molecular weight is 452 g/mol. The van der Waals surface area contributed by atoms with Gasteiger partial charge in [0.1, 0.15) is 0 Å². The molecule has 2 aromatic rings. The molecule has 0 unspecified atom stereocenters. The first-order valence-corrected chi connectivity index (χ1v) is 10.2. The van der Waals surface area contributed by atoms with Crippen LogP contribution >= 0.6 is 22.9 Å². The van der Waals surface area contributed by atoms with Crippen LogP contribution in [0.1, 0.15) is 34.0 Å². The van der Waals surface area contributed by atoms with Gasteiger partial charge in [-0.2, -0.15) is 0 Å². The van der Waals surface area contributed by atoms with Gasteiger partial charge < -0.3 is 19.5 Å². The van der Waals surface area contributed by atoms with Crippen molar-refractivity contribution in [2.75, 3.05) is 20.3 Å². The molecule has 1 heterocycles. The molecule has 0 aliphatic heterocycles. The topological polar surface area (TPSA) is 90.9 Å². The number of rotatable bonds is 10. The maximum absolute atomic E-state index is 12.2. The molecule has 7 nitrogen and oxygen atoms in total. The highest BCUT2D eigenvalue weighted by Crippen LogP contribution is 2.36. The molecular weight excluding hydrogens is 430 g/mol. The number of ketones is 1. The summed E-state index contributed by atoms with van der Waals surface area (Å²) < 4.78 is 15.7. The average Bonchev–Trinajstić information content (AvgIpc) is 3.18. The third kappa shape index (κ3) is 6.89. The summed E-state index contributed by atoms with van der Waals surface area (Å²) in [5, 5.41) is 3.01. The number of nitrogens with one attached hydrogen (secondary N) is 1. The van der Waals surface area contributed by atoms with Crippen molar-refractivity contribution < 1.29 is 28.6 Å². The van der Waals surface area contributed by atoms with Crippen molar-refractivity contribution in [1.29, 1.82) is 0 Å². The normalized spacial score (nSPS) is 10.7. The van der Waals surface area contributed by atoms with E-state index in [0.717, 1.165) is 4.88 Å². The standard InChI is InChI=1S/C21H22ClNO6S/c1-4-28-18-10-14(9-16(22)21(18)27-3)5-8-20(26)29-12-17(25)19-7-6-15(30-19)11-23-13(2)24/h5-10H,4,11-12H2,1-3H3,(H,23,24)/b8-5+. The van der Waals surface area contributed by atoms with E-state index in [0.29, 0.717) is 40.1 Å². The van der Waals surface area contributed by atoms with Crippen molar-refractivity contribution in [3.05, 3.63) is 50.7 Å². The van der Waals surface area contributed by atoms with Crippen LogP contribution in [-0.4, -0.2) is 38.0 Å². The molecular formula is C21H22ClNO6S. The Hall–Kier alpha value is -2.84. The van der Waals surface area contributed by atoms with E-state index < -0.39 is 5.97 Å². The second kappa shape index (κ2) is 11.4. The summed E-state index contributed by atoms with van der Waals surface area (Å²) in [4.78, 5) is 36.4. The zero-order chi connectivity index (χ0) is 22.1. The molecule has 1 amide bonds. The molecule has 0 aliphatic rings. The summed E-state index contributed by atoms with van der Waals surface area (Å²) in [5.74, 6) is -0.255. The van der Waals surface area contributed by atoms with Crippen LogP contribution in [0.4, 0.5) is 0 Å². The lowest BCUT2D eigenvalue weighted by Crippen LogP contribution is -2.18. The lowest BCUT2D eigenvalue weighted by molar-refractivity contribution is -0.136. The van der Waals surface area contributed by atoms with Crippen molar-refractivity contribution in [2.45, 2.75) is 20.4 Å². The number of halogens is 1. The number of hydrogen-bond acceptors (Lipinski definition) is 7. The lowest BCUT2D eigenvalue weighted by Gasteiger charge is -2.11. The van der Waals surface area contributed by atoms with Gasteiger partial charge in [0.15, 0.2) is 18.1 Å². The highest BCUT2D eigenvalue weighted by Gasteiger charge is 2.13. The van der Waals surface area contributed by atoms with E-state index >= 15 is 0 Å². The van der Waals surface area contributed by atoms with Crippen LogP contribution in [0, 0.1) is 0 Å². The van der Waals surface area contributed by atoms with E-state index in [4.69, 9.17) is 25.8 Å². The first-order valence-electron chi connectivity index (χ1n) is 9.05. The monoisotopic (exact) mass is 451 g/mol. The third-order valence-electron chi connectivity index (χ3n) is 3.74. The summed E-state index contributed by atoms with van der Waals surface area (Å²) in [6.07, 6.45) is 2.72. The first-order chi connectivity index (χ1) is 14.3. The Balaban J connectivity index is 1.93. The Kier molecular flexibility index (Phi) is 8.89. The van der Waals surface area contributed by atoms with Gasteiger partial charge in [-0.1, -0.05) is 11.6 Å². The molecule has 1 aromatic heterocycles. The fourth-order valence-corrected chi connectivity index (χ4v) is 3.57. The zero-order valence-electron chi connectivity index (χ0n) is 16.8. The summed E-state index contributed by atoms with van der Waals surface area (Å²) in [6, 6.07) is 6.70. The maximum atomic E-state index is 12.2. The molecule has 0 bridgehead atoms.